The molecule has 1 heterocycles. The van der Waals surface area contributed by atoms with Gasteiger partial charge in [-0.1, -0.05) is 34.5 Å². The third-order valence-corrected chi connectivity index (χ3v) is 6.43. The van der Waals surface area contributed by atoms with Crippen LogP contribution >= 0.6 is 15.9 Å². The molecule has 1 aromatic rings. The van der Waals surface area contributed by atoms with Crippen LogP contribution in [0.25, 0.3) is 0 Å². The molecular weight excluding hydrogens is 362 g/mol. The average Bonchev–Trinajstić information content (AvgIpc) is 2.52. The summed E-state index contributed by atoms with van der Waals surface area (Å²) in [4.78, 5) is 6.66. The molecule has 3 rings (SSSR count). The Kier molecular flexibility index (Phi) is 5.44. The molecular formula is C21H32BrNO. The number of rotatable bonds is 3. The summed E-state index contributed by atoms with van der Waals surface area (Å²) >= 11 is 3.54. The molecule has 2 aliphatic rings. The van der Waals surface area contributed by atoms with Crippen LogP contribution in [0.15, 0.2) is 28.7 Å². The van der Waals surface area contributed by atoms with Crippen LogP contribution in [-0.2, 0) is 4.84 Å². The number of halogens is 1. The number of hydrogen-bond acceptors (Lipinski definition) is 2. The molecule has 2 nitrogen and oxygen atoms in total. The number of piperidine rings is 1. The van der Waals surface area contributed by atoms with Crippen LogP contribution in [-0.4, -0.2) is 22.2 Å². The zero-order chi connectivity index (χ0) is 17.4. The van der Waals surface area contributed by atoms with Crippen molar-refractivity contribution in [3.05, 3.63) is 34.3 Å². The van der Waals surface area contributed by atoms with Gasteiger partial charge in [-0.2, -0.15) is 5.06 Å². The lowest BCUT2D eigenvalue weighted by Crippen LogP contribution is -2.59. The lowest BCUT2D eigenvalue weighted by molar-refractivity contribution is -0.308. The van der Waals surface area contributed by atoms with Gasteiger partial charge in [0.05, 0.1) is 6.10 Å². The summed E-state index contributed by atoms with van der Waals surface area (Å²) in [7, 11) is 0. The van der Waals surface area contributed by atoms with Crippen molar-refractivity contribution < 1.29 is 4.84 Å². The zero-order valence-electron chi connectivity index (χ0n) is 15.6. The van der Waals surface area contributed by atoms with Gasteiger partial charge in [0, 0.05) is 15.6 Å². The SMILES string of the molecule is CC1(C)CCCC(C)(C)N1OC1CCCC(c2ccc(Br)cc2)C1. The number of nitrogens with zero attached hydrogens (tertiary/aromatic N) is 1. The van der Waals surface area contributed by atoms with Crippen molar-refractivity contribution in [3.8, 4) is 0 Å². The summed E-state index contributed by atoms with van der Waals surface area (Å²) in [5, 5.41) is 2.35. The second-order valence-electron chi connectivity index (χ2n) is 8.92. The molecule has 0 spiro atoms. The maximum atomic E-state index is 6.66. The predicted octanol–water partition coefficient (Wildman–Crippen LogP) is 6.45. The van der Waals surface area contributed by atoms with E-state index in [0.29, 0.717) is 12.0 Å². The fraction of sp³-hybridized carbons (Fsp3) is 0.714. The third-order valence-electron chi connectivity index (χ3n) is 5.90. The molecule has 1 aromatic carbocycles. The van der Waals surface area contributed by atoms with Gasteiger partial charge < -0.3 is 0 Å². The summed E-state index contributed by atoms with van der Waals surface area (Å²) in [5.74, 6) is 0.632. The van der Waals surface area contributed by atoms with Crippen LogP contribution in [0.5, 0.6) is 0 Å². The Hall–Kier alpha value is -0.380. The molecule has 0 bridgehead atoms. The highest BCUT2D eigenvalue weighted by molar-refractivity contribution is 9.10. The second-order valence-corrected chi connectivity index (χ2v) is 9.83. The van der Waals surface area contributed by atoms with Crippen molar-refractivity contribution in [2.75, 3.05) is 0 Å². The first kappa shape index (κ1) is 18.4. The first-order chi connectivity index (χ1) is 11.3. The Morgan fingerprint density at radius 3 is 2.21 bits per heavy atom. The maximum absolute atomic E-state index is 6.66. The van der Waals surface area contributed by atoms with E-state index in [1.165, 1.54) is 44.1 Å². The number of hydrogen-bond donors (Lipinski definition) is 0. The van der Waals surface area contributed by atoms with Gasteiger partial charge in [-0.05, 0) is 89.8 Å². The first-order valence-corrected chi connectivity index (χ1v) is 10.3. The van der Waals surface area contributed by atoms with Crippen molar-refractivity contribution in [1.82, 2.24) is 5.06 Å². The molecule has 1 aliphatic carbocycles. The van der Waals surface area contributed by atoms with Crippen LogP contribution in [0.4, 0.5) is 0 Å². The molecule has 3 heteroatoms. The minimum absolute atomic E-state index is 0.131. The summed E-state index contributed by atoms with van der Waals surface area (Å²) in [5.41, 5.74) is 1.72. The van der Waals surface area contributed by atoms with Crippen molar-refractivity contribution >= 4 is 15.9 Å². The lowest BCUT2D eigenvalue weighted by Gasteiger charge is -2.53. The smallest absolute Gasteiger partial charge is 0.0799 e. The lowest BCUT2D eigenvalue weighted by atomic mass is 9.81. The molecule has 2 fully saturated rings. The van der Waals surface area contributed by atoms with Crippen molar-refractivity contribution in [1.29, 1.82) is 0 Å². The van der Waals surface area contributed by atoms with E-state index in [0.717, 1.165) is 10.9 Å². The highest BCUT2D eigenvalue weighted by Crippen LogP contribution is 2.41. The van der Waals surface area contributed by atoms with Crippen molar-refractivity contribution in [2.45, 2.75) is 95.7 Å². The molecule has 2 atom stereocenters. The summed E-state index contributed by atoms with van der Waals surface area (Å²) < 4.78 is 1.16. The van der Waals surface area contributed by atoms with Gasteiger partial charge in [0.1, 0.15) is 0 Å². The van der Waals surface area contributed by atoms with Gasteiger partial charge in [0.2, 0.25) is 0 Å². The third kappa shape index (κ3) is 4.05. The molecule has 0 N–H and O–H groups in total. The monoisotopic (exact) mass is 393 g/mol. The van der Waals surface area contributed by atoms with Crippen LogP contribution in [0.3, 0.4) is 0 Å². The molecule has 24 heavy (non-hydrogen) atoms. The van der Waals surface area contributed by atoms with Crippen LogP contribution in [0, 0.1) is 0 Å². The predicted molar refractivity (Wildman–Crippen MR) is 104 cm³/mol. The van der Waals surface area contributed by atoms with E-state index in [1.807, 2.05) is 0 Å². The standard InChI is InChI=1S/C21H32BrNO/c1-20(2)13-6-14-21(3,4)23(20)24-19-8-5-7-17(15-19)16-9-11-18(22)12-10-16/h9-12,17,19H,5-8,13-15H2,1-4H3. The van der Waals surface area contributed by atoms with Gasteiger partial charge in [-0.15, -0.1) is 0 Å². The highest BCUT2D eigenvalue weighted by atomic mass is 79.9. The largest absolute Gasteiger partial charge is 0.295 e. The van der Waals surface area contributed by atoms with Crippen LogP contribution in [0.1, 0.15) is 84.1 Å². The molecule has 1 saturated heterocycles. The minimum atomic E-state index is 0.131. The fourth-order valence-corrected chi connectivity index (χ4v) is 4.95. The maximum Gasteiger partial charge on any atom is 0.0799 e. The Bertz CT molecular complexity index is 535. The number of benzene rings is 1. The normalized spacial score (nSPS) is 30.2. The highest BCUT2D eigenvalue weighted by Gasteiger charge is 2.44. The molecule has 2 unspecified atom stereocenters. The Morgan fingerprint density at radius 2 is 1.58 bits per heavy atom. The zero-order valence-corrected chi connectivity index (χ0v) is 17.2. The second kappa shape index (κ2) is 7.09. The molecule has 1 aliphatic heterocycles. The molecule has 134 valence electrons. The van der Waals surface area contributed by atoms with E-state index in [2.05, 4.69) is 73.0 Å². The average molecular weight is 394 g/mol. The molecule has 1 saturated carbocycles. The minimum Gasteiger partial charge on any atom is -0.295 e. The van der Waals surface area contributed by atoms with Gasteiger partial charge >= 0.3 is 0 Å². The number of hydroxylamine groups is 2. The summed E-state index contributed by atoms with van der Waals surface area (Å²) in [6, 6.07) is 8.87. The van der Waals surface area contributed by atoms with E-state index in [4.69, 9.17) is 4.84 Å². The van der Waals surface area contributed by atoms with Crippen LogP contribution < -0.4 is 0 Å². The van der Waals surface area contributed by atoms with Crippen LogP contribution in [0.2, 0.25) is 0 Å². The molecule has 0 aromatic heterocycles. The Labute approximate surface area is 156 Å². The van der Waals surface area contributed by atoms with Crippen molar-refractivity contribution in [2.24, 2.45) is 0 Å². The van der Waals surface area contributed by atoms with E-state index < -0.39 is 0 Å². The van der Waals surface area contributed by atoms with E-state index in [-0.39, 0.29) is 11.1 Å². The van der Waals surface area contributed by atoms with E-state index in [1.54, 1.807) is 0 Å². The Morgan fingerprint density at radius 1 is 0.958 bits per heavy atom. The molecule has 0 amide bonds. The summed E-state index contributed by atoms with van der Waals surface area (Å²) in [6.45, 7) is 9.35. The van der Waals surface area contributed by atoms with Crippen molar-refractivity contribution in [3.63, 3.8) is 0 Å². The fourth-order valence-electron chi connectivity index (χ4n) is 4.69. The van der Waals surface area contributed by atoms with E-state index >= 15 is 0 Å². The summed E-state index contributed by atoms with van der Waals surface area (Å²) in [6.07, 6.45) is 8.97. The van der Waals surface area contributed by atoms with Gasteiger partial charge in [0.15, 0.2) is 0 Å². The molecule has 0 radical (unpaired) electrons. The van der Waals surface area contributed by atoms with E-state index in [9.17, 15) is 0 Å². The van der Waals surface area contributed by atoms with Gasteiger partial charge in [-0.3, -0.25) is 4.84 Å². The Balaban J connectivity index is 1.69. The first-order valence-electron chi connectivity index (χ1n) is 9.50. The topological polar surface area (TPSA) is 12.5 Å². The van der Waals surface area contributed by atoms with Gasteiger partial charge in [-0.25, -0.2) is 0 Å². The quantitative estimate of drug-likeness (QED) is 0.584. The van der Waals surface area contributed by atoms with Gasteiger partial charge in [0.25, 0.3) is 0 Å².